The first-order valence-electron chi connectivity index (χ1n) is 12.8. The maximum atomic E-state index is 12.2. The molecule has 1 aromatic heterocycles. The molecule has 22 heteroatoms. The van der Waals surface area contributed by atoms with Gasteiger partial charge in [-0.3, -0.25) is 13.9 Å². The second-order valence-corrected chi connectivity index (χ2v) is 12.2. The summed E-state index contributed by atoms with van der Waals surface area (Å²) in [5.41, 5.74) is 4.75. The van der Waals surface area contributed by atoms with Gasteiger partial charge in [0.15, 0.2) is 5.75 Å². The molecule has 4 rings (SSSR count). The van der Waals surface area contributed by atoms with Crippen LogP contribution in [0.3, 0.4) is 0 Å². The number of carboxylic acids is 1. The Morgan fingerprint density at radius 3 is 2.17 bits per heavy atom. The van der Waals surface area contributed by atoms with E-state index in [2.05, 4.69) is 35.8 Å². The van der Waals surface area contributed by atoms with Crippen LogP contribution in [0.25, 0.3) is 10.8 Å². The van der Waals surface area contributed by atoms with E-state index in [1.807, 2.05) is 0 Å². The van der Waals surface area contributed by atoms with Gasteiger partial charge in [0.05, 0.1) is 16.3 Å². The predicted molar refractivity (Wildman–Crippen MR) is 170 cm³/mol. The number of aromatic nitrogens is 3. The number of hydrogen-bond donors (Lipinski definition) is 8. The Balaban J connectivity index is 0.00000384. The molecule has 0 amide bonds. The number of nitrogens with one attached hydrogen (secondary N) is 2. The molecule has 0 aliphatic carbocycles. The molecule has 0 saturated carbocycles. The van der Waals surface area contributed by atoms with Gasteiger partial charge in [0.2, 0.25) is 11.9 Å². The van der Waals surface area contributed by atoms with Crippen molar-refractivity contribution >= 4 is 125 Å². The maximum absolute atomic E-state index is 12.2. The van der Waals surface area contributed by atoms with Gasteiger partial charge in [-0.05, 0) is 55.0 Å². The molecule has 9 N–H and O–H groups in total. The van der Waals surface area contributed by atoms with E-state index >= 15 is 0 Å². The Morgan fingerprint density at radius 2 is 1.55 bits per heavy atom. The fourth-order valence-electron chi connectivity index (χ4n) is 4.04. The van der Waals surface area contributed by atoms with Crippen LogP contribution >= 0.6 is 0 Å². The second kappa shape index (κ2) is 16.9. The number of nitrogens with two attached hydrogens (primary N) is 1. The van der Waals surface area contributed by atoms with Gasteiger partial charge in [-0.15, -0.1) is 5.11 Å². The van der Waals surface area contributed by atoms with Crippen molar-refractivity contribution in [2.24, 2.45) is 16.0 Å². The van der Waals surface area contributed by atoms with Gasteiger partial charge in [-0.25, -0.2) is 0 Å². The number of hydrogen-bond acceptors (Lipinski definition) is 15. The molecule has 240 valence electrons. The number of aromatic hydroxyl groups is 2. The van der Waals surface area contributed by atoms with E-state index in [9.17, 15) is 40.9 Å². The van der Waals surface area contributed by atoms with Crippen molar-refractivity contribution in [2.45, 2.75) is 35.1 Å². The molecule has 0 spiro atoms. The third-order valence-electron chi connectivity index (χ3n) is 6.13. The van der Waals surface area contributed by atoms with Crippen molar-refractivity contribution in [3.63, 3.8) is 0 Å². The summed E-state index contributed by atoms with van der Waals surface area (Å²) in [6.07, 6.45) is 1.13. The largest absolute Gasteiger partial charge is 0.505 e. The Labute approximate surface area is 312 Å². The standard InChI is InChI=1S/C25H26N8O10S2.2Na/c26-16(22(35)36)8-4-5-9-27-23-29-24(31-25(37)30-23)28-17-12-15(44(38,39)40)10-13-11-18(45(41,42)43)20(21(34)19(13)17)33-32-14-6-2-1-3-7-14;;/h1-3,6-7,10-12,16,34H,4-5,8-9,26H2,(H,35,36)(H,38,39,40)(H,41,42,43)(H3,27,28,29,30,31,37);;. The third kappa shape index (κ3) is 10.7. The van der Waals surface area contributed by atoms with Crippen molar-refractivity contribution < 1.29 is 46.1 Å². The number of fused-ring (bicyclic) bond motifs is 1. The molecule has 3 aromatic carbocycles. The zero-order valence-electron chi connectivity index (χ0n) is 24.9. The molecule has 2 radical (unpaired) electrons. The van der Waals surface area contributed by atoms with Crippen LogP contribution in [0.2, 0.25) is 0 Å². The third-order valence-corrected chi connectivity index (χ3v) is 7.83. The molecule has 0 saturated heterocycles. The van der Waals surface area contributed by atoms with Crippen LogP contribution < -0.4 is 16.4 Å². The average molecular weight is 709 g/mol. The average Bonchev–Trinajstić information content (AvgIpc) is 2.95. The van der Waals surface area contributed by atoms with E-state index in [0.29, 0.717) is 12.8 Å². The van der Waals surface area contributed by atoms with Crippen molar-refractivity contribution in [1.82, 2.24) is 15.0 Å². The monoisotopic (exact) mass is 708 g/mol. The number of aliphatic carboxylic acids is 1. The van der Waals surface area contributed by atoms with Crippen molar-refractivity contribution in [3.8, 4) is 11.8 Å². The second-order valence-electron chi connectivity index (χ2n) is 9.40. The molecule has 0 fully saturated rings. The molecular formula is C25H26N8Na2O10S2. The normalized spacial score (nSPS) is 12.2. The van der Waals surface area contributed by atoms with E-state index in [4.69, 9.17) is 10.8 Å². The number of azo groups is 1. The van der Waals surface area contributed by atoms with Gasteiger partial charge in [-0.2, -0.15) is 36.9 Å². The SMILES string of the molecule is NC(CCCCNc1nc(O)nc(Nc2cc(S(=O)(=O)O)cc3cc(S(=O)(=O)O)c(N=Nc4ccccc4)c(O)c23)n1)C(=O)O.[Na].[Na]. The number of carbonyl (C=O) groups is 1. The molecule has 1 heterocycles. The minimum absolute atomic E-state index is 0. The number of phenols is 1. The fourth-order valence-corrected chi connectivity index (χ4v) is 5.24. The Bertz CT molecular complexity index is 2000. The summed E-state index contributed by atoms with van der Waals surface area (Å²) in [6, 6.07) is 8.76. The topological polar surface area (TPSA) is 300 Å². The number of unbranched alkanes of at least 4 members (excludes halogenated alkanes) is 1. The number of rotatable bonds is 13. The summed E-state index contributed by atoms with van der Waals surface area (Å²) in [5.74, 6) is -2.51. The van der Waals surface area contributed by atoms with Crippen LogP contribution in [-0.4, -0.2) is 134 Å². The summed E-state index contributed by atoms with van der Waals surface area (Å²) in [6.45, 7) is 0.241. The molecule has 47 heavy (non-hydrogen) atoms. The Kier molecular flexibility index (Phi) is 14.4. The number of carboxylic acid groups (broad SMARTS) is 1. The summed E-state index contributed by atoms with van der Waals surface area (Å²) in [7, 11) is -9.97. The van der Waals surface area contributed by atoms with Gasteiger partial charge in [0.1, 0.15) is 16.6 Å². The first-order chi connectivity index (χ1) is 21.1. The Hall–Kier alpha value is -3.02. The molecule has 18 nitrogen and oxygen atoms in total. The molecule has 1 unspecified atom stereocenters. The van der Waals surface area contributed by atoms with Crippen LogP contribution in [0, 0.1) is 0 Å². The summed E-state index contributed by atoms with van der Waals surface area (Å²) in [5, 5.41) is 42.8. The number of phenolic OH excluding ortho intramolecular Hbond substituents is 1. The van der Waals surface area contributed by atoms with E-state index in [1.54, 1.807) is 18.2 Å². The minimum atomic E-state index is -5.06. The van der Waals surface area contributed by atoms with Gasteiger partial charge < -0.3 is 31.7 Å². The van der Waals surface area contributed by atoms with E-state index in [0.717, 1.165) is 18.2 Å². The first kappa shape index (κ1) is 40.2. The Morgan fingerprint density at radius 1 is 0.894 bits per heavy atom. The zero-order valence-corrected chi connectivity index (χ0v) is 30.6. The molecule has 1 atom stereocenters. The van der Waals surface area contributed by atoms with Crippen LogP contribution in [0.5, 0.6) is 11.8 Å². The van der Waals surface area contributed by atoms with Crippen molar-refractivity contribution in [3.05, 3.63) is 48.5 Å². The fraction of sp³-hybridized carbons (Fsp3) is 0.200. The molecule has 0 bridgehead atoms. The predicted octanol–water partition coefficient (Wildman–Crippen LogP) is 2.32. The molecule has 0 aliphatic heterocycles. The van der Waals surface area contributed by atoms with Gasteiger partial charge in [-0.1, -0.05) is 18.2 Å². The zero-order chi connectivity index (χ0) is 32.9. The van der Waals surface area contributed by atoms with E-state index < -0.39 is 59.5 Å². The number of nitrogens with zero attached hydrogens (tertiary/aromatic N) is 5. The van der Waals surface area contributed by atoms with Crippen LogP contribution in [-0.2, 0) is 25.0 Å². The van der Waals surface area contributed by atoms with Gasteiger partial charge in [0, 0.05) is 71.0 Å². The maximum Gasteiger partial charge on any atom is 0.320 e. The van der Waals surface area contributed by atoms with E-state index in [-0.39, 0.29) is 106 Å². The summed E-state index contributed by atoms with van der Waals surface area (Å²) >= 11 is 0. The van der Waals surface area contributed by atoms with Crippen LogP contribution in [0.1, 0.15) is 19.3 Å². The summed E-state index contributed by atoms with van der Waals surface area (Å²) < 4.78 is 68.3. The molecular weight excluding hydrogens is 682 g/mol. The first-order valence-corrected chi connectivity index (χ1v) is 15.7. The molecule has 4 aromatic rings. The number of anilines is 3. The smallest absolute Gasteiger partial charge is 0.320 e. The van der Waals surface area contributed by atoms with Crippen LogP contribution in [0.15, 0.2) is 68.6 Å². The van der Waals surface area contributed by atoms with Crippen molar-refractivity contribution in [1.29, 1.82) is 0 Å². The number of benzene rings is 3. The molecule has 0 aliphatic rings. The minimum Gasteiger partial charge on any atom is -0.505 e. The van der Waals surface area contributed by atoms with Crippen molar-refractivity contribution in [2.75, 3.05) is 17.2 Å². The summed E-state index contributed by atoms with van der Waals surface area (Å²) in [4.78, 5) is 20.7. The van der Waals surface area contributed by atoms with E-state index in [1.165, 1.54) is 12.1 Å². The van der Waals surface area contributed by atoms with Crippen LogP contribution in [0.4, 0.5) is 29.0 Å². The quantitative estimate of drug-likeness (QED) is 0.0428. The van der Waals surface area contributed by atoms with Gasteiger partial charge >= 0.3 is 12.0 Å². The van der Waals surface area contributed by atoms with Gasteiger partial charge in [0.25, 0.3) is 20.2 Å².